The monoisotopic (exact) mass is 645 g/mol. The lowest BCUT2D eigenvalue weighted by molar-refractivity contribution is -0.0589. The summed E-state index contributed by atoms with van der Waals surface area (Å²) in [6, 6.07) is 19.5. The highest BCUT2D eigenvalue weighted by molar-refractivity contribution is 5.92. The maximum Gasteiger partial charge on any atom is 0.335 e. The second-order valence-corrected chi connectivity index (χ2v) is 11.5. The molecule has 9 nitrogen and oxygen atoms in total. The van der Waals surface area contributed by atoms with E-state index >= 15 is 8.78 Å². The summed E-state index contributed by atoms with van der Waals surface area (Å²) in [4.78, 5) is 20.7. The minimum atomic E-state index is -1.06. The molecule has 0 bridgehead atoms. The Morgan fingerprint density at radius 2 is 1.83 bits per heavy atom. The number of imidazole rings is 1. The molecule has 0 aliphatic carbocycles. The van der Waals surface area contributed by atoms with E-state index in [-0.39, 0.29) is 47.4 Å². The number of nitrogens with zero attached hydrogens (tertiary/aromatic N) is 5. The highest BCUT2D eigenvalue weighted by Gasteiger charge is 2.23. The number of ether oxygens (including phenoxy) is 2. The van der Waals surface area contributed by atoms with E-state index in [1.807, 2.05) is 42.1 Å². The molecule has 11 heteroatoms. The molecule has 1 atom stereocenters. The van der Waals surface area contributed by atoms with Gasteiger partial charge in [-0.1, -0.05) is 30.0 Å². The van der Waals surface area contributed by atoms with E-state index in [0.29, 0.717) is 30.0 Å². The molecule has 3 aromatic heterocycles. The van der Waals surface area contributed by atoms with Gasteiger partial charge in [0.25, 0.3) is 0 Å². The van der Waals surface area contributed by atoms with E-state index in [4.69, 9.17) is 9.47 Å². The molecule has 0 saturated carbocycles. The zero-order valence-corrected chi connectivity index (χ0v) is 25.9. The first-order chi connectivity index (χ1) is 23.3. The Labute approximate surface area is 274 Å². The Balaban J connectivity index is 1.07. The van der Waals surface area contributed by atoms with Gasteiger partial charge in [0.2, 0.25) is 5.88 Å². The van der Waals surface area contributed by atoms with Gasteiger partial charge in [-0.3, -0.25) is 4.68 Å². The van der Waals surface area contributed by atoms with E-state index in [0.717, 1.165) is 35.2 Å². The van der Waals surface area contributed by atoms with Crippen molar-refractivity contribution in [1.82, 2.24) is 24.3 Å². The molecule has 0 radical (unpaired) electrons. The number of aryl methyl sites for hydroxylation is 1. The Morgan fingerprint density at radius 3 is 2.56 bits per heavy atom. The zero-order chi connectivity index (χ0) is 33.2. The number of aromatic nitrogens is 5. The lowest BCUT2D eigenvalue weighted by Gasteiger charge is -2.27. The summed E-state index contributed by atoms with van der Waals surface area (Å²) in [6.07, 6.45) is 4.33. The fraction of sp³-hybridized carbons (Fsp3) is 0.189. The predicted octanol–water partition coefficient (Wildman–Crippen LogP) is 6.17. The SMILES string of the molecule is Cn1cc(C#Cc2ccc(COc3cccc(-c4cc(F)c(Cc5nc6ccc(C(=O)O)cc6n5CC5CCO5)cc4F)n3)cc2)cn1. The van der Waals surface area contributed by atoms with Crippen LogP contribution in [0.4, 0.5) is 8.78 Å². The fourth-order valence-electron chi connectivity index (χ4n) is 5.48. The number of benzene rings is 3. The third-order valence-electron chi connectivity index (χ3n) is 8.13. The van der Waals surface area contributed by atoms with Crippen molar-refractivity contribution in [3.05, 3.63) is 130 Å². The largest absolute Gasteiger partial charge is 0.478 e. The molecule has 0 spiro atoms. The Kier molecular flexibility index (Phi) is 8.40. The van der Waals surface area contributed by atoms with Crippen molar-refractivity contribution in [2.24, 2.45) is 7.05 Å². The molecule has 240 valence electrons. The molecule has 3 aromatic carbocycles. The third-order valence-corrected chi connectivity index (χ3v) is 8.13. The number of carboxylic acid groups (broad SMARTS) is 1. The second kappa shape index (κ2) is 13.1. The van der Waals surface area contributed by atoms with Crippen LogP contribution in [0.15, 0.2) is 85.2 Å². The van der Waals surface area contributed by atoms with Crippen molar-refractivity contribution >= 4 is 17.0 Å². The van der Waals surface area contributed by atoms with Crippen LogP contribution in [0.3, 0.4) is 0 Å². The van der Waals surface area contributed by atoms with E-state index in [9.17, 15) is 9.90 Å². The minimum Gasteiger partial charge on any atom is -0.478 e. The molecule has 4 heterocycles. The summed E-state index contributed by atoms with van der Waals surface area (Å²) >= 11 is 0. The van der Waals surface area contributed by atoms with Crippen molar-refractivity contribution in [2.45, 2.75) is 32.1 Å². The molecule has 1 saturated heterocycles. The van der Waals surface area contributed by atoms with Crippen molar-refractivity contribution < 1.29 is 28.2 Å². The molecule has 1 N–H and O–H groups in total. The Hall–Kier alpha value is -5.86. The van der Waals surface area contributed by atoms with Gasteiger partial charge in [0.1, 0.15) is 24.1 Å². The maximum atomic E-state index is 15.6. The average molecular weight is 646 g/mol. The van der Waals surface area contributed by atoms with Crippen LogP contribution >= 0.6 is 0 Å². The first-order valence-electron chi connectivity index (χ1n) is 15.3. The van der Waals surface area contributed by atoms with Gasteiger partial charge in [-0.2, -0.15) is 5.10 Å². The third kappa shape index (κ3) is 6.65. The molecule has 7 rings (SSSR count). The molecule has 0 amide bonds. The lowest BCUT2D eigenvalue weighted by atomic mass is 10.0. The number of carbonyl (C=O) groups is 1. The maximum absolute atomic E-state index is 15.6. The lowest BCUT2D eigenvalue weighted by Crippen LogP contribution is -2.31. The minimum absolute atomic E-state index is 0.000661. The van der Waals surface area contributed by atoms with Crippen molar-refractivity contribution in [2.75, 3.05) is 6.61 Å². The van der Waals surface area contributed by atoms with E-state index < -0.39 is 17.6 Å². The summed E-state index contributed by atoms with van der Waals surface area (Å²) in [5.74, 6) is 4.61. The van der Waals surface area contributed by atoms with Gasteiger partial charge in [0.15, 0.2) is 0 Å². The first kappa shape index (κ1) is 30.8. The van der Waals surface area contributed by atoms with Gasteiger partial charge in [0, 0.05) is 43.5 Å². The number of halogens is 2. The molecule has 1 aliphatic rings. The van der Waals surface area contributed by atoms with Crippen LogP contribution in [0.5, 0.6) is 5.88 Å². The van der Waals surface area contributed by atoms with Crippen LogP contribution in [0.2, 0.25) is 0 Å². The number of aromatic carboxylic acids is 1. The molecule has 1 aliphatic heterocycles. The zero-order valence-electron chi connectivity index (χ0n) is 25.9. The summed E-state index contributed by atoms with van der Waals surface area (Å²) in [5, 5.41) is 13.6. The van der Waals surface area contributed by atoms with Gasteiger partial charge in [-0.25, -0.2) is 23.5 Å². The number of hydrogen-bond acceptors (Lipinski definition) is 6. The predicted molar refractivity (Wildman–Crippen MR) is 173 cm³/mol. The second-order valence-electron chi connectivity index (χ2n) is 11.5. The fourth-order valence-corrected chi connectivity index (χ4v) is 5.48. The number of hydrogen-bond donors (Lipinski definition) is 1. The highest BCUT2D eigenvalue weighted by Crippen LogP contribution is 2.29. The van der Waals surface area contributed by atoms with Crippen LogP contribution in [0, 0.1) is 23.5 Å². The number of fused-ring (bicyclic) bond motifs is 1. The molecular formula is C37H29F2N5O4. The van der Waals surface area contributed by atoms with Crippen LogP contribution in [0.1, 0.15) is 44.9 Å². The summed E-state index contributed by atoms with van der Waals surface area (Å²) in [7, 11) is 1.84. The van der Waals surface area contributed by atoms with Crippen molar-refractivity contribution in [1.29, 1.82) is 0 Å². The van der Waals surface area contributed by atoms with Gasteiger partial charge in [0.05, 0.1) is 46.7 Å². The van der Waals surface area contributed by atoms with Crippen molar-refractivity contribution in [3.8, 4) is 29.0 Å². The van der Waals surface area contributed by atoms with Crippen LogP contribution in [0.25, 0.3) is 22.3 Å². The standard InChI is InChI=1S/C37H29F2N5O4/c1-43-20-25(19-40-43)10-7-23-5-8-24(9-6-23)22-48-36-4-2-3-32(42-36)29-18-30(38)27(15-31(29)39)17-35-41-33-12-11-26(37(45)46)16-34(33)44(35)21-28-13-14-47-28/h2-6,8-9,11-12,15-16,18-20,28H,13-14,17,21-22H2,1H3,(H,45,46). The van der Waals surface area contributed by atoms with E-state index in [1.165, 1.54) is 6.07 Å². The first-order valence-corrected chi connectivity index (χ1v) is 15.3. The summed E-state index contributed by atoms with van der Waals surface area (Å²) in [5.41, 5.74) is 4.20. The van der Waals surface area contributed by atoms with Crippen molar-refractivity contribution in [3.63, 3.8) is 0 Å². The number of carboxylic acids is 1. The van der Waals surface area contributed by atoms with Gasteiger partial charge in [-0.05, 0) is 66.1 Å². The quantitative estimate of drug-likeness (QED) is 0.188. The van der Waals surface area contributed by atoms with Crippen LogP contribution in [-0.4, -0.2) is 48.1 Å². The van der Waals surface area contributed by atoms with Gasteiger partial charge >= 0.3 is 5.97 Å². The summed E-state index contributed by atoms with van der Waals surface area (Å²) < 4.78 is 46.1. The van der Waals surface area contributed by atoms with Crippen LogP contribution in [-0.2, 0) is 31.4 Å². The van der Waals surface area contributed by atoms with E-state index in [1.54, 1.807) is 41.2 Å². The van der Waals surface area contributed by atoms with E-state index in [2.05, 4.69) is 26.9 Å². The Bertz CT molecular complexity index is 2210. The smallest absolute Gasteiger partial charge is 0.335 e. The van der Waals surface area contributed by atoms with Crippen LogP contribution < -0.4 is 4.74 Å². The number of rotatable bonds is 9. The normalized spacial score (nSPS) is 13.9. The average Bonchev–Trinajstić information content (AvgIpc) is 3.64. The Morgan fingerprint density at radius 1 is 1.02 bits per heavy atom. The molecule has 6 aromatic rings. The molecule has 1 fully saturated rings. The van der Waals surface area contributed by atoms with Gasteiger partial charge in [-0.15, -0.1) is 0 Å². The van der Waals surface area contributed by atoms with Gasteiger partial charge < -0.3 is 19.1 Å². The molecule has 1 unspecified atom stereocenters. The summed E-state index contributed by atoms with van der Waals surface area (Å²) in [6.45, 7) is 1.30. The molecular weight excluding hydrogens is 616 g/mol. The topological polar surface area (TPSA) is 104 Å². The highest BCUT2D eigenvalue weighted by atomic mass is 19.1. The number of pyridine rings is 1. The molecule has 48 heavy (non-hydrogen) atoms.